The minimum Gasteiger partial charge on any atom is -0.300 e. The highest BCUT2D eigenvalue weighted by Crippen LogP contribution is 2.13. The molecular weight excluding hydrogens is 416 g/mol. The Hall–Kier alpha value is -0.660. The van der Waals surface area contributed by atoms with Crippen molar-refractivity contribution >= 4 is 11.6 Å². The predicted octanol–water partition coefficient (Wildman–Crippen LogP) is 11.3. The normalized spacial score (nSPS) is 10.7. The molecule has 0 spiro atoms. The highest BCUT2D eigenvalue weighted by molar-refractivity contribution is 5.75. The van der Waals surface area contributed by atoms with Crippen LogP contribution in [-0.2, 0) is 9.59 Å². The van der Waals surface area contributed by atoms with Crippen LogP contribution < -0.4 is 0 Å². The van der Waals surface area contributed by atoms with Crippen molar-refractivity contribution < 1.29 is 9.59 Å². The molecule has 2 heteroatoms. The fourth-order valence-electron chi connectivity index (χ4n) is 4.43. The molecule has 0 saturated heterocycles. The van der Waals surface area contributed by atoms with E-state index in [0.29, 0.717) is 11.6 Å². The Balaban J connectivity index is 0. The molecule has 0 radical (unpaired) electrons. The first-order chi connectivity index (χ1) is 16.5. The Morgan fingerprint density at radius 2 is 0.500 bits per heavy atom. The smallest absolute Gasteiger partial charge is 0.129 e. The van der Waals surface area contributed by atoms with E-state index in [9.17, 15) is 9.59 Å². The maximum absolute atomic E-state index is 10.7. The number of hydrogen-bond donors (Lipinski definition) is 0. The van der Waals surface area contributed by atoms with E-state index in [1.54, 1.807) is 13.8 Å². The van der Waals surface area contributed by atoms with Crippen molar-refractivity contribution in [2.75, 3.05) is 0 Å². The van der Waals surface area contributed by atoms with Crippen molar-refractivity contribution in [3.63, 3.8) is 0 Å². The zero-order valence-electron chi connectivity index (χ0n) is 24.2. The first-order valence-corrected chi connectivity index (χ1v) is 15.5. The number of unbranched alkanes of at least 4 members (excludes halogenated alkanes) is 22. The van der Waals surface area contributed by atoms with Gasteiger partial charge in [-0.2, -0.15) is 0 Å². The summed E-state index contributed by atoms with van der Waals surface area (Å²) in [6.45, 7) is 7.93. The first kappa shape index (κ1) is 35.5. The van der Waals surface area contributed by atoms with Crippen LogP contribution in [0, 0.1) is 0 Å². The topological polar surface area (TPSA) is 34.1 Å². The maximum atomic E-state index is 10.7. The van der Waals surface area contributed by atoms with Crippen LogP contribution in [0.15, 0.2) is 0 Å². The van der Waals surface area contributed by atoms with E-state index in [-0.39, 0.29) is 0 Å². The van der Waals surface area contributed by atoms with Gasteiger partial charge in [0.25, 0.3) is 0 Å². The summed E-state index contributed by atoms with van der Waals surface area (Å²) in [6.07, 6.45) is 34.3. The average molecular weight is 481 g/mol. The summed E-state index contributed by atoms with van der Waals surface area (Å²) in [4.78, 5) is 21.5. The number of hydrogen-bond acceptors (Lipinski definition) is 2. The van der Waals surface area contributed by atoms with E-state index in [2.05, 4.69) is 13.8 Å². The van der Waals surface area contributed by atoms with Gasteiger partial charge >= 0.3 is 0 Å². The van der Waals surface area contributed by atoms with Crippen LogP contribution in [0.2, 0.25) is 0 Å². The predicted molar refractivity (Wildman–Crippen MR) is 153 cm³/mol. The molecule has 0 rings (SSSR count). The molecule has 2 nitrogen and oxygen atoms in total. The van der Waals surface area contributed by atoms with Gasteiger partial charge < -0.3 is 9.59 Å². The van der Waals surface area contributed by atoms with Crippen LogP contribution >= 0.6 is 0 Å². The maximum Gasteiger partial charge on any atom is 0.129 e. The highest BCUT2D eigenvalue weighted by atomic mass is 16.1. The molecule has 0 aromatic rings. The van der Waals surface area contributed by atoms with E-state index in [4.69, 9.17) is 0 Å². The minimum absolute atomic E-state index is 0.345. The van der Waals surface area contributed by atoms with Crippen LogP contribution in [0.25, 0.3) is 0 Å². The third kappa shape index (κ3) is 38.6. The Morgan fingerprint density at radius 3 is 0.676 bits per heavy atom. The summed E-state index contributed by atoms with van der Waals surface area (Å²) in [6, 6.07) is 0. The molecule has 204 valence electrons. The van der Waals surface area contributed by atoms with E-state index < -0.39 is 0 Å². The lowest BCUT2D eigenvalue weighted by Gasteiger charge is -2.02. The van der Waals surface area contributed by atoms with Gasteiger partial charge in [0.1, 0.15) is 11.6 Å². The van der Waals surface area contributed by atoms with E-state index in [1.807, 2.05) is 0 Å². The molecule has 0 aliphatic rings. The second-order valence-electron chi connectivity index (χ2n) is 10.7. The number of ketones is 2. The fourth-order valence-corrected chi connectivity index (χ4v) is 4.43. The Morgan fingerprint density at radius 1 is 0.324 bits per heavy atom. The molecule has 0 heterocycles. The van der Waals surface area contributed by atoms with E-state index in [1.165, 1.54) is 141 Å². The van der Waals surface area contributed by atoms with Gasteiger partial charge in [-0.15, -0.1) is 0 Å². The Kier molecular flexibility index (Phi) is 33.8. The van der Waals surface area contributed by atoms with Crippen LogP contribution in [0.4, 0.5) is 0 Å². The summed E-state index contributed by atoms with van der Waals surface area (Å²) in [5.74, 6) is 0.689. The van der Waals surface area contributed by atoms with Gasteiger partial charge in [0.05, 0.1) is 0 Å². The van der Waals surface area contributed by atoms with Crippen molar-refractivity contribution in [2.45, 2.75) is 195 Å². The van der Waals surface area contributed by atoms with Gasteiger partial charge in [-0.05, 0) is 26.7 Å². The average Bonchev–Trinajstić information content (AvgIpc) is 2.80. The van der Waals surface area contributed by atoms with Gasteiger partial charge in [0.15, 0.2) is 0 Å². The van der Waals surface area contributed by atoms with Gasteiger partial charge in [0, 0.05) is 12.8 Å². The molecule has 0 bridgehead atoms. The van der Waals surface area contributed by atoms with Crippen molar-refractivity contribution in [3.8, 4) is 0 Å². The van der Waals surface area contributed by atoms with Crippen LogP contribution in [0.5, 0.6) is 0 Å². The molecule has 0 aliphatic carbocycles. The second kappa shape index (κ2) is 32.3. The summed E-state index contributed by atoms with van der Waals surface area (Å²) in [7, 11) is 0. The molecule has 0 aliphatic heterocycles. The molecule has 0 atom stereocenters. The molecule has 0 amide bonds. The van der Waals surface area contributed by atoms with Gasteiger partial charge in [0.2, 0.25) is 0 Å². The summed E-state index contributed by atoms with van der Waals surface area (Å²) >= 11 is 0. The van der Waals surface area contributed by atoms with Crippen LogP contribution in [0.1, 0.15) is 195 Å². The van der Waals surface area contributed by atoms with E-state index >= 15 is 0 Å². The third-order valence-electron chi connectivity index (χ3n) is 6.76. The molecular formula is C32H64O2. The van der Waals surface area contributed by atoms with Crippen LogP contribution in [-0.4, -0.2) is 11.6 Å². The number of Topliss-reactive ketones (excluding diaryl/α,β-unsaturated/α-hetero) is 2. The molecule has 34 heavy (non-hydrogen) atoms. The highest BCUT2D eigenvalue weighted by Gasteiger charge is 1.96. The lowest BCUT2D eigenvalue weighted by Crippen LogP contribution is -1.89. The number of rotatable bonds is 26. The van der Waals surface area contributed by atoms with Gasteiger partial charge in [-0.1, -0.05) is 155 Å². The zero-order valence-corrected chi connectivity index (χ0v) is 24.2. The molecule has 0 aromatic heterocycles. The fraction of sp³-hybridized carbons (Fsp3) is 0.938. The minimum atomic E-state index is 0.345. The lowest BCUT2D eigenvalue weighted by atomic mass is 10.0. The SMILES string of the molecule is CCCCCCCCCCCCCCC(C)=O.CCCCCCCCCCCCCCC(C)=O. The molecule has 0 N–H and O–H groups in total. The zero-order chi connectivity index (χ0) is 25.5. The number of carbonyl (C=O) groups is 2. The number of carbonyl (C=O) groups excluding carboxylic acids is 2. The summed E-state index contributed by atoms with van der Waals surface area (Å²) in [5, 5.41) is 0. The standard InChI is InChI=1S/2C16H32O/c2*1-3-4-5-6-7-8-9-10-11-12-13-14-15-16(2)17/h2*3-15H2,1-2H3. The largest absolute Gasteiger partial charge is 0.300 e. The second-order valence-corrected chi connectivity index (χ2v) is 10.7. The molecule has 0 aromatic carbocycles. The summed E-state index contributed by atoms with van der Waals surface area (Å²) in [5.41, 5.74) is 0. The Bertz CT molecular complexity index is 364. The van der Waals surface area contributed by atoms with Gasteiger partial charge in [-0.25, -0.2) is 0 Å². The van der Waals surface area contributed by atoms with Gasteiger partial charge in [-0.3, -0.25) is 0 Å². The summed E-state index contributed by atoms with van der Waals surface area (Å²) < 4.78 is 0. The van der Waals surface area contributed by atoms with Crippen molar-refractivity contribution in [3.05, 3.63) is 0 Å². The monoisotopic (exact) mass is 480 g/mol. The Labute approximate surface area is 215 Å². The van der Waals surface area contributed by atoms with Crippen molar-refractivity contribution in [1.82, 2.24) is 0 Å². The van der Waals surface area contributed by atoms with Crippen LogP contribution in [0.3, 0.4) is 0 Å². The lowest BCUT2D eigenvalue weighted by molar-refractivity contribution is -0.117. The third-order valence-corrected chi connectivity index (χ3v) is 6.76. The first-order valence-electron chi connectivity index (χ1n) is 15.5. The van der Waals surface area contributed by atoms with E-state index in [0.717, 1.165) is 25.7 Å². The molecule has 0 unspecified atom stereocenters. The molecule has 0 fully saturated rings. The van der Waals surface area contributed by atoms with Crippen molar-refractivity contribution in [1.29, 1.82) is 0 Å². The quantitative estimate of drug-likeness (QED) is 0.115. The molecule has 0 saturated carbocycles. The van der Waals surface area contributed by atoms with Crippen molar-refractivity contribution in [2.24, 2.45) is 0 Å².